The molecule has 158 valence electrons. The molecule has 2 unspecified atom stereocenters. The van der Waals surface area contributed by atoms with E-state index in [1.54, 1.807) is 6.07 Å². The largest absolute Gasteiger partial charge is 0.322 e. The Balaban J connectivity index is 1.63. The highest BCUT2D eigenvalue weighted by Crippen LogP contribution is 2.36. The number of nitrogens with zero attached hydrogens (tertiary/aromatic N) is 1. The van der Waals surface area contributed by atoms with E-state index < -0.39 is 0 Å². The van der Waals surface area contributed by atoms with Gasteiger partial charge in [-0.25, -0.2) is 4.39 Å². The zero-order valence-corrected chi connectivity index (χ0v) is 18.3. The fraction of sp³-hybridized carbons (Fsp3) is 0.423. The zero-order valence-electron chi connectivity index (χ0n) is 18.3. The molecule has 0 aliphatic carbocycles. The summed E-state index contributed by atoms with van der Waals surface area (Å²) in [6.45, 7) is 9.00. The van der Waals surface area contributed by atoms with Crippen molar-refractivity contribution in [2.75, 3.05) is 20.1 Å². The standard InChI is InChI=1S/C26H31FN2O/c1-16(2)25(17(3)12-18-14-29(4)15-18)21-10-11-24(28-26(21)30)20-9-8-19-6-5-7-23(27)22(19)13-20/h5-11,13,16-18,25H,12,14-15H2,1-4H3,(H,28,30). The van der Waals surface area contributed by atoms with Crippen LogP contribution in [0.4, 0.5) is 4.39 Å². The molecule has 2 heterocycles. The van der Waals surface area contributed by atoms with Crippen molar-refractivity contribution in [2.24, 2.45) is 17.8 Å². The number of aromatic nitrogens is 1. The van der Waals surface area contributed by atoms with Gasteiger partial charge in [-0.1, -0.05) is 51.1 Å². The number of likely N-dealkylation sites (tertiary alicyclic amines) is 1. The number of hydrogen-bond acceptors (Lipinski definition) is 2. The zero-order chi connectivity index (χ0) is 21.4. The summed E-state index contributed by atoms with van der Waals surface area (Å²) in [4.78, 5) is 18.5. The lowest BCUT2D eigenvalue weighted by Gasteiger charge is -2.39. The maximum absolute atomic E-state index is 14.2. The van der Waals surface area contributed by atoms with Crippen LogP contribution in [0.25, 0.3) is 22.0 Å². The second-order valence-corrected chi connectivity index (χ2v) is 9.40. The predicted octanol–water partition coefficient (Wildman–Crippen LogP) is 5.66. The van der Waals surface area contributed by atoms with Gasteiger partial charge in [0.25, 0.3) is 5.56 Å². The number of H-pyrrole nitrogens is 1. The van der Waals surface area contributed by atoms with Crippen molar-refractivity contribution < 1.29 is 4.39 Å². The number of aromatic amines is 1. The van der Waals surface area contributed by atoms with Crippen LogP contribution in [-0.4, -0.2) is 30.0 Å². The fourth-order valence-electron chi connectivity index (χ4n) is 5.29. The van der Waals surface area contributed by atoms with Gasteiger partial charge in [0.05, 0.1) is 0 Å². The number of rotatable bonds is 6. The second kappa shape index (κ2) is 8.35. The lowest BCUT2D eigenvalue weighted by molar-refractivity contribution is 0.105. The Morgan fingerprint density at radius 3 is 2.53 bits per heavy atom. The molecule has 4 rings (SSSR count). The molecule has 1 saturated heterocycles. The molecule has 30 heavy (non-hydrogen) atoms. The molecule has 0 radical (unpaired) electrons. The molecule has 1 fully saturated rings. The van der Waals surface area contributed by atoms with Crippen molar-refractivity contribution in [1.82, 2.24) is 9.88 Å². The van der Waals surface area contributed by atoms with Crippen molar-refractivity contribution in [3.05, 3.63) is 70.3 Å². The molecule has 1 aliphatic rings. The fourth-order valence-corrected chi connectivity index (χ4v) is 5.29. The van der Waals surface area contributed by atoms with Gasteiger partial charge in [0.2, 0.25) is 0 Å². The number of halogens is 1. The molecule has 0 spiro atoms. The SMILES string of the molecule is CC(C)C(c1ccc(-c2ccc3cccc(F)c3c2)[nH]c1=O)C(C)CC1CN(C)C1. The highest BCUT2D eigenvalue weighted by atomic mass is 19.1. The first kappa shape index (κ1) is 20.8. The summed E-state index contributed by atoms with van der Waals surface area (Å²) in [5.41, 5.74) is 2.38. The molecule has 0 saturated carbocycles. The lowest BCUT2D eigenvalue weighted by atomic mass is 9.74. The molecule has 2 aromatic carbocycles. The van der Waals surface area contributed by atoms with Crippen LogP contribution in [0.3, 0.4) is 0 Å². The highest BCUT2D eigenvalue weighted by molar-refractivity contribution is 5.87. The lowest BCUT2D eigenvalue weighted by Crippen LogP contribution is -2.44. The van der Waals surface area contributed by atoms with Crippen LogP contribution in [0.1, 0.15) is 38.7 Å². The molecular weight excluding hydrogens is 375 g/mol. The number of nitrogens with one attached hydrogen (secondary N) is 1. The van der Waals surface area contributed by atoms with Crippen LogP contribution < -0.4 is 5.56 Å². The Morgan fingerprint density at radius 2 is 1.87 bits per heavy atom. The van der Waals surface area contributed by atoms with Crippen LogP contribution in [0.15, 0.2) is 53.3 Å². The van der Waals surface area contributed by atoms with Crippen molar-refractivity contribution in [3.63, 3.8) is 0 Å². The van der Waals surface area contributed by atoms with Gasteiger partial charge in [-0.15, -0.1) is 0 Å². The molecule has 1 aliphatic heterocycles. The maximum atomic E-state index is 14.2. The molecular formula is C26H31FN2O. The predicted molar refractivity (Wildman–Crippen MR) is 122 cm³/mol. The minimum absolute atomic E-state index is 0.0302. The van der Waals surface area contributed by atoms with E-state index in [1.165, 1.54) is 6.07 Å². The van der Waals surface area contributed by atoms with Crippen molar-refractivity contribution in [2.45, 2.75) is 33.1 Å². The van der Waals surface area contributed by atoms with Crippen LogP contribution in [0.2, 0.25) is 0 Å². The normalized spacial score (nSPS) is 17.3. The number of fused-ring (bicyclic) bond motifs is 1. The smallest absolute Gasteiger partial charge is 0.251 e. The first-order valence-corrected chi connectivity index (χ1v) is 10.9. The van der Waals surface area contributed by atoms with Gasteiger partial charge >= 0.3 is 0 Å². The minimum Gasteiger partial charge on any atom is -0.322 e. The Labute approximate surface area is 177 Å². The first-order chi connectivity index (χ1) is 14.3. The summed E-state index contributed by atoms with van der Waals surface area (Å²) in [6, 6.07) is 14.7. The average Bonchev–Trinajstić information content (AvgIpc) is 2.68. The summed E-state index contributed by atoms with van der Waals surface area (Å²) in [5, 5.41) is 1.42. The summed E-state index contributed by atoms with van der Waals surface area (Å²) >= 11 is 0. The van der Waals surface area contributed by atoms with Crippen LogP contribution in [0, 0.1) is 23.6 Å². The van der Waals surface area contributed by atoms with Crippen LogP contribution >= 0.6 is 0 Å². The van der Waals surface area contributed by atoms with Gasteiger partial charge in [-0.2, -0.15) is 0 Å². The third-order valence-electron chi connectivity index (χ3n) is 6.62. The first-order valence-electron chi connectivity index (χ1n) is 10.9. The Kier molecular flexibility index (Phi) is 5.79. The monoisotopic (exact) mass is 406 g/mol. The maximum Gasteiger partial charge on any atom is 0.251 e. The summed E-state index contributed by atoms with van der Waals surface area (Å²) in [6.07, 6.45) is 1.15. The summed E-state index contributed by atoms with van der Waals surface area (Å²) in [5.74, 6) is 1.55. The van der Waals surface area contributed by atoms with E-state index in [4.69, 9.17) is 0 Å². The van der Waals surface area contributed by atoms with E-state index >= 15 is 0 Å². The average molecular weight is 407 g/mol. The van der Waals surface area contributed by atoms with E-state index in [0.717, 1.165) is 47.6 Å². The molecule has 3 nitrogen and oxygen atoms in total. The van der Waals surface area contributed by atoms with Crippen molar-refractivity contribution in [1.29, 1.82) is 0 Å². The Bertz CT molecular complexity index is 1100. The molecule has 1 N–H and O–H groups in total. The number of hydrogen-bond donors (Lipinski definition) is 1. The van der Waals surface area contributed by atoms with E-state index in [9.17, 15) is 9.18 Å². The third-order valence-corrected chi connectivity index (χ3v) is 6.62. The van der Waals surface area contributed by atoms with E-state index in [2.05, 4.69) is 37.7 Å². The van der Waals surface area contributed by atoms with Gasteiger partial charge in [-0.3, -0.25) is 4.79 Å². The summed E-state index contributed by atoms with van der Waals surface area (Å²) < 4.78 is 14.2. The molecule has 4 heteroatoms. The number of benzene rings is 2. The van der Waals surface area contributed by atoms with Crippen LogP contribution in [0.5, 0.6) is 0 Å². The molecule has 2 atom stereocenters. The minimum atomic E-state index is -0.247. The van der Waals surface area contributed by atoms with Crippen molar-refractivity contribution in [3.8, 4) is 11.3 Å². The van der Waals surface area contributed by atoms with Crippen molar-refractivity contribution >= 4 is 10.8 Å². The van der Waals surface area contributed by atoms with E-state index in [1.807, 2.05) is 36.4 Å². The topological polar surface area (TPSA) is 36.1 Å². The van der Waals surface area contributed by atoms with Gasteiger partial charge in [0.15, 0.2) is 0 Å². The summed E-state index contributed by atoms with van der Waals surface area (Å²) in [7, 11) is 2.16. The Hall–Kier alpha value is -2.46. The second-order valence-electron chi connectivity index (χ2n) is 9.40. The van der Waals surface area contributed by atoms with Crippen LogP contribution in [-0.2, 0) is 0 Å². The molecule has 3 aromatic rings. The van der Waals surface area contributed by atoms with E-state index in [-0.39, 0.29) is 17.3 Å². The molecule has 0 bridgehead atoms. The molecule has 0 amide bonds. The van der Waals surface area contributed by atoms with Gasteiger partial charge in [-0.05, 0) is 66.3 Å². The van der Waals surface area contributed by atoms with Gasteiger partial charge in [0.1, 0.15) is 5.82 Å². The van der Waals surface area contributed by atoms with E-state index in [0.29, 0.717) is 17.2 Å². The Morgan fingerprint density at radius 1 is 1.10 bits per heavy atom. The quantitative estimate of drug-likeness (QED) is 0.573. The van der Waals surface area contributed by atoms with Gasteiger partial charge < -0.3 is 9.88 Å². The van der Waals surface area contributed by atoms with Gasteiger partial charge in [0, 0.05) is 29.7 Å². The highest BCUT2D eigenvalue weighted by Gasteiger charge is 2.31. The number of pyridine rings is 1. The molecule has 1 aromatic heterocycles. The third kappa shape index (κ3) is 4.06.